The molecule has 4 aromatic rings. The number of hydrogen-bond acceptors (Lipinski definition) is 5. The van der Waals surface area contributed by atoms with E-state index in [1.165, 1.54) is 12.1 Å². The van der Waals surface area contributed by atoms with Gasteiger partial charge in [-0.3, -0.25) is 0 Å². The van der Waals surface area contributed by atoms with Crippen LogP contribution in [0.25, 0.3) is 0 Å². The second kappa shape index (κ2) is 8.61. The number of rotatable bonds is 7. The van der Waals surface area contributed by atoms with Crippen molar-refractivity contribution in [2.75, 3.05) is 0 Å². The smallest absolute Gasteiger partial charge is 0.206 e. The topological polar surface area (TPSA) is 85.1 Å². The van der Waals surface area contributed by atoms with E-state index in [4.69, 9.17) is 0 Å². The van der Waals surface area contributed by atoms with Gasteiger partial charge in [-0.1, -0.05) is 65.9 Å². The minimum atomic E-state index is -3.57. The molecule has 0 amide bonds. The third-order valence-corrected chi connectivity index (χ3v) is 6.59. The summed E-state index contributed by atoms with van der Waals surface area (Å²) in [7, 11) is -3.57. The van der Waals surface area contributed by atoms with Crippen molar-refractivity contribution in [2.45, 2.75) is 28.9 Å². The van der Waals surface area contributed by atoms with Gasteiger partial charge in [0.2, 0.25) is 9.84 Å². The molecule has 6 nitrogen and oxygen atoms in total. The van der Waals surface area contributed by atoms with Gasteiger partial charge in [0.1, 0.15) is 0 Å². The Morgan fingerprint density at radius 2 is 1.43 bits per heavy atom. The highest BCUT2D eigenvalue weighted by molar-refractivity contribution is 7.91. The SMILES string of the molecule is O=S(=O)(c1ccccc1)c1ccc(C(O)Cc2cn(Cc3ccccc3)nn2)cc1. The average Bonchev–Trinajstić information content (AvgIpc) is 3.21. The fraction of sp³-hybridized carbons (Fsp3) is 0.130. The second-order valence-corrected chi connectivity index (χ2v) is 8.95. The number of aliphatic hydroxyl groups is 1. The Morgan fingerprint density at radius 1 is 0.833 bits per heavy atom. The highest BCUT2D eigenvalue weighted by atomic mass is 32.2. The van der Waals surface area contributed by atoms with Crippen LogP contribution in [0.15, 0.2) is 101 Å². The maximum absolute atomic E-state index is 12.7. The minimum Gasteiger partial charge on any atom is -0.388 e. The van der Waals surface area contributed by atoms with Crippen molar-refractivity contribution in [1.29, 1.82) is 0 Å². The molecule has 3 aromatic carbocycles. The van der Waals surface area contributed by atoms with Crippen molar-refractivity contribution in [1.82, 2.24) is 15.0 Å². The van der Waals surface area contributed by atoms with Crippen LogP contribution in [0.4, 0.5) is 0 Å². The molecule has 30 heavy (non-hydrogen) atoms. The van der Waals surface area contributed by atoms with E-state index >= 15 is 0 Å². The van der Waals surface area contributed by atoms with Crippen LogP contribution >= 0.6 is 0 Å². The normalized spacial score (nSPS) is 12.6. The Morgan fingerprint density at radius 3 is 2.10 bits per heavy atom. The number of aliphatic hydroxyl groups excluding tert-OH is 1. The van der Waals surface area contributed by atoms with Gasteiger partial charge >= 0.3 is 0 Å². The summed E-state index contributed by atoms with van der Waals surface area (Å²) in [6.45, 7) is 0.607. The molecule has 4 rings (SSSR count). The molecule has 1 unspecified atom stereocenters. The molecular formula is C23H21N3O3S. The molecule has 0 saturated carbocycles. The third kappa shape index (κ3) is 4.48. The van der Waals surface area contributed by atoms with Crippen molar-refractivity contribution < 1.29 is 13.5 Å². The number of nitrogens with zero attached hydrogens (tertiary/aromatic N) is 3. The summed E-state index contributed by atoms with van der Waals surface area (Å²) in [5.74, 6) is 0. The first kappa shape index (κ1) is 20.0. The summed E-state index contributed by atoms with van der Waals surface area (Å²) in [6.07, 6.45) is 1.30. The first-order valence-corrected chi connectivity index (χ1v) is 11.0. The standard InChI is InChI=1S/C23H21N3O3S/c27-23(15-20-17-26(25-24-20)16-18-7-3-1-4-8-18)19-11-13-22(14-12-19)30(28,29)21-9-5-2-6-10-21/h1-14,17,23,27H,15-16H2. The Hall–Kier alpha value is -3.29. The van der Waals surface area contributed by atoms with E-state index in [1.54, 1.807) is 47.1 Å². The zero-order chi connectivity index (χ0) is 21.0. The zero-order valence-corrected chi connectivity index (χ0v) is 17.0. The first-order valence-electron chi connectivity index (χ1n) is 9.53. The van der Waals surface area contributed by atoms with E-state index in [1.807, 2.05) is 36.5 Å². The summed E-state index contributed by atoms with van der Waals surface area (Å²) in [6, 6.07) is 24.5. The van der Waals surface area contributed by atoms with Crippen LogP contribution < -0.4 is 0 Å². The van der Waals surface area contributed by atoms with Gasteiger partial charge in [-0.25, -0.2) is 13.1 Å². The van der Waals surface area contributed by atoms with E-state index < -0.39 is 15.9 Å². The van der Waals surface area contributed by atoms with Crippen LogP contribution in [0.3, 0.4) is 0 Å². The van der Waals surface area contributed by atoms with E-state index in [9.17, 15) is 13.5 Å². The lowest BCUT2D eigenvalue weighted by atomic mass is 10.1. The lowest BCUT2D eigenvalue weighted by molar-refractivity contribution is 0.177. The number of benzene rings is 3. The van der Waals surface area contributed by atoms with Crippen molar-refractivity contribution in [3.05, 3.63) is 108 Å². The quantitative estimate of drug-likeness (QED) is 0.496. The Bertz CT molecular complexity index is 1210. The molecule has 0 spiro atoms. The maximum atomic E-state index is 12.7. The summed E-state index contributed by atoms with van der Waals surface area (Å²) in [5.41, 5.74) is 2.41. The van der Waals surface area contributed by atoms with Crippen LogP contribution in [0.2, 0.25) is 0 Å². The highest BCUT2D eigenvalue weighted by Gasteiger charge is 2.18. The van der Waals surface area contributed by atoms with Gasteiger partial charge < -0.3 is 5.11 Å². The van der Waals surface area contributed by atoms with E-state index in [0.29, 0.717) is 24.2 Å². The van der Waals surface area contributed by atoms with Gasteiger partial charge in [0, 0.05) is 12.6 Å². The molecule has 0 fully saturated rings. The predicted molar refractivity (Wildman–Crippen MR) is 113 cm³/mol. The van der Waals surface area contributed by atoms with Gasteiger partial charge in [0.15, 0.2) is 0 Å². The largest absolute Gasteiger partial charge is 0.388 e. The molecule has 1 aromatic heterocycles. The Labute approximate surface area is 175 Å². The Balaban J connectivity index is 1.44. The van der Waals surface area contributed by atoms with Crippen molar-refractivity contribution >= 4 is 9.84 Å². The van der Waals surface area contributed by atoms with E-state index in [-0.39, 0.29) is 9.79 Å². The lowest BCUT2D eigenvalue weighted by Gasteiger charge is -2.10. The van der Waals surface area contributed by atoms with E-state index in [0.717, 1.165) is 5.56 Å². The molecule has 0 aliphatic heterocycles. The summed E-state index contributed by atoms with van der Waals surface area (Å²) in [5, 5.41) is 18.8. The van der Waals surface area contributed by atoms with Gasteiger partial charge in [-0.05, 0) is 35.4 Å². The number of hydrogen-bond donors (Lipinski definition) is 1. The Kier molecular flexibility index (Phi) is 5.74. The van der Waals surface area contributed by atoms with Crippen molar-refractivity contribution in [3.8, 4) is 0 Å². The summed E-state index contributed by atoms with van der Waals surface area (Å²) in [4.78, 5) is 0.437. The fourth-order valence-electron chi connectivity index (χ4n) is 3.20. The zero-order valence-electron chi connectivity index (χ0n) is 16.2. The molecule has 7 heteroatoms. The van der Waals surface area contributed by atoms with Crippen LogP contribution in [-0.4, -0.2) is 28.5 Å². The molecule has 1 atom stereocenters. The molecule has 0 aliphatic carbocycles. The van der Waals surface area contributed by atoms with Crippen LogP contribution in [0.1, 0.15) is 22.9 Å². The third-order valence-electron chi connectivity index (χ3n) is 4.80. The van der Waals surface area contributed by atoms with Gasteiger partial charge in [-0.2, -0.15) is 0 Å². The molecular weight excluding hydrogens is 398 g/mol. The molecule has 0 aliphatic rings. The monoisotopic (exact) mass is 419 g/mol. The number of sulfone groups is 1. The minimum absolute atomic E-state index is 0.193. The van der Waals surface area contributed by atoms with Crippen LogP contribution in [-0.2, 0) is 22.8 Å². The van der Waals surface area contributed by atoms with Gasteiger partial charge in [0.05, 0.1) is 28.1 Å². The van der Waals surface area contributed by atoms with Crippen LogP contribution in [0, 0.1) is 0 Å². The van der Waals surface area contributed by atoms with Gasteiger partial charge in [-0.15, -0.1) is 5.10 Å². The first-order chi connectivity index (χ1) is 14.5. The molecule has 0 saturated heterocycles. The summed E-state index contributed by atoms with van der Waals surface area (Å²) >= 11 is 0. The van der Waals surface area contributed by atoms with Crippen LogP contribution in [0.5, 0.6) is 0 Å². The highest BCUT2D eigenvalue weighted by Crippen LogP contribution is 2.24. The number of aromatic nitrogens is 3. The molecule has 0 bridgehead atoms. The molecule has 152 valence electrons. The molecule has 1 N–H and O–H groups in total. The van der Waals surface area contributed by atoms with Crippen molar-refractivity contribution in [3.63, 3.8) is 0 Å². The lowest BCUT2D eigenvalue weighted by Crippen LogP contribution is -2.05. The average molecular weight is 420 g/mol. The van der Waals surface area contributed by atoms with Crippen molar-refractivity contribution in [2.24, 2.45) is 0 Å². The summed E-state index contributed by atoms with van der Waals surface area (Å²) < 4.78 is 27.1. The molecule has 1 heterocycles. The van der Waals surface area contributed by atoms with E-state index in [2.05, 4.69) is 10.3 Å². The second-order valence-electron chi connectivity index (χ2n) is 7.00. The maximum Gasteiger partial charge on any atom is 0.206 e. The predicted octanol–water partition coefficient (Wildman–Crippen LogP) is 3.44. The fourth-order valence-corrected chi connectivity index (χ4v) is 4.48. The molecule has 0 radical (unpaired) electrons. The van der Waals surface area contributed by atoms with Gasteiger partial charge in [0.25, 0.3) is 0 Å².